The van der Waals surface area contributed by atoms with E-state index in [1.807, 2.05) is 24.3 Å². The summed E-state index contributed by atoms with van der Waals surface area (Å²) in [5, 5.41) is 0.406. The first-order chi connectivity index (χ1) is 9.67. The molecule has 0 aliphatic heterocycles. The Morgan fingerprint density at radius 1 is 1.15 bits per heavy atom. The molecule has 0 unspecified atom stereocenters. The number of fused-ring (bicyclic) bond motifs is 1. The zero-order valence-electron chi connectivity index (χ0n) is 11.3. The average Bonchev–Trinajstić information content (AvgIpc) is 2.82. The number of para-hydroxylation sites is 1. The summed E-state index contributed by atoms with van der Waals surface area (Å²) in [6, 6.07) is 7.47. The van der Waals surface area contributed by atoms with Gasteiger partial charge in [-0.15, -0.1) is 11.3 Å². The molecule has 2 aromatic rings. The Balaban J connectivity index is 2.38. The Morgan fingerprint density at radius 3 is 2.30 bits per heavy atom. The molecule has 0 saturated heterocycles. The van der Waals surface area contributed by atoms with Crippen LogP contribution in [-0.4, -0.2) is 30.1 Å². The zero-order chi connectivity index (χ0) is 14.5. The summed E-state index contributed by atoms with van der Waals surface area (Å²) in [5.74, 6) is -2.35. The highest BCUT2D eigenvalue weighted by molar-refractivity contribution is 7.18. The van der Waals surface area contributed by atoms with Crippen molar-refractivity contribution < 1.29 is 19.1 Å². The Kier molecular flexibility index (Phi) is 4.68. The monoisotopic (exact) mass is 293 g/mol. The Labute approximate surface area is 120 Å². The van der Waals surface area contributed by atoms with E-state index in [-0.39, 0.29) is 13.2 Å². The highest BCUT2D eigenvalue weighted by atomic mass is 32.1. The molecule has 1 heterocycles. The van der Waals surface area contributed by atoms with Crippen LogP contribution in [0.5, 0.6) is 0 Å². The maximum absolute atomic E-state index is 12.0. The summed E-state index contributed by atoms with van der Waals surface area (Å²) in [7, 11) is 0. The van der Waals surface area contributed by atoms with E-state index in [0.29, 0.717) is 5.01 Å². The number of esters is 2. The van der Waals surface area contributed by atoms with Gasteiger partial charge in [0.1, 0.15) is 5.01 Å². The lowest BCUT2D eigenvalue weighted by molar-refractivity contribution is -0.156. The number of rotatable bonds is 5. The fourth-order valence-corrected chi connectivity index (χ4v) is 2.81. The summed E-state index contributed by atoms with van der Waals surface area (Å²) < 4.78 is 10.8. The van der Waals surface area contributed by atoms with Crippen LogP contribution in [0.2, 0.25) is 0 Å². The molecule has 0 spiro atoms. The van der Waals surface area contributed by atoms with Gasteiger partial charge in [0.25, 0.3) is 0 Å². The lowest BCUT2D eigenvalue weighted by Crippen LogP contribution is -2.26. The van der Waals surface area contributed by atoms with Crippen molar-refractivity contribution in [1.82, 2.24) is 4.98 Å². The first-order valence-corrected chi connectivity index (χ1v) is 7.17. The standard InChI is InChI=1S/C14H15NO4S/c1-3-18-13(16)11(14(17)19-4-2)12-15-9-7-5-6-8-10(9)20-12/h5-8,11H,3-4H2,1-2H3. The Morgan fingerprint density at radius 2 is 1.75 bits per heavy atom. The molecule has 6 heteroatoms. The lowest BCUT2D eigenvalue weighted by atomic mass is 10.1. The lowest BCUT2D eigenvalue weighted by Gasteiger charge is -2.11. The van der Waals surface area contributed by atoms with Crippen LogP contribution in [0, 0.1) is 0 Å². The molecule has 0 bridgehead atoms. The molecule has 0 aliphatic rings. The SMILES string of the molecule is CCOC(=O)C(C(=O)OCC)c1nc2ccccc2s1. The maximum atomic E-state index is 12.0. The molecule has 1 aromatic heterocycles. The third kappa shape index (κ3) is 2.96. The molecule has 0 atom stereocenters. The van der Waals surface area contributed by atoms with E-state index in [1.165, 1.54) is 11.3 Å². The van der Waals surface area contributed by atoms with Gasteiger partial charge in [0.15, 0.2) is 0 Å². The van der Waals surface area contributed by atoms with Gasteiger partial charge in [0.05, 0.1) is 23.4 Å². The van der Waals surface area contributed by atoms with Crippen molar-refractivity contribution in [2.45, 2.75) is 19.8 Å². The smallest absolute Gasteiger partial charge is 0.327 e. The number of aromatic nitrogens is 1. The third-order valence-electron chi connectivity index (χ3n) is 2.60. The van der Waals surface area contributed by atoms with Crippen molar-refractivity contribution in [2.24, 2.45) is 0 Å². The van der Waals surface area contributed by atoms with Gasteiger partial charge in [-0.1, -0.05) is 12.1 Å². The highest BCUT2D eigenvalue weighted by Gasteiger charge is 2.34. The first-order valence-electron chi connectivity index (χ1n) is 6.36. The number of carbonyl (C=O) groups excluding carboxylic acids is 2. The van der Waals surface area contributed by atoms with Crippen molar-refractivity contribution in [2.75, 3.05) is 13.2 Å². The Bertz CT molecular complexity index is 571. The summed E-state index contributed by atoms with van der Waals surface area (Å²) in [6.45, 7) is 3.80. The van der Waals surface area contributed by atoms with Gasteiger partial charge in [0.2, 0.25) is 5.92 Å². The van der Waals surface area contributed by atoms with Crippen molar-refractivity contribution in [3.8, 4) is 0 Å². The minimum Gasteiger partial charge on any atom is -0.465 e. The van der Waals surface area contributed by atoms with Gasteiger partial charge in [-0.05, 0) is 26.0 Å². The van der Waals surface area contributed by atoms with E-state index in [9.17, 15) is 9.59 Å². The van der Waals surface area contributed by atoms with E-state index < -0.39 is 17.9 Å². The second kappa shape index (κ2) is 6.47. The summed E-state index contributed by atoms with van der Waals surface area (Å²) in [4.78, 5) is 28.3. The van der Waals surface area contributed by atoms with Crippen molar-refractivity contribution in [3.05, 3.63) is 29.3 Å². The molecular formula is C14H15NO4S. The van der Waals surface area contributed by atoms with Crippen LogP contribution in [0.3, 0.4) is 0 Å². The van der Waals surface area contributed by atoms with E-state index in [1.54, 1.807) is 13.8 Å². The second-order valence-corrected chi connectivity index (χ2v) is 5.02. The topological polar surface area (TPSA) is 65.5 Å². The van der Waals surface area contributed by atoms with Gasteiger partial charge in [-0.25, -0.2) is 4.98 Å². The van der Waals surface area contributed by atoms with Crippen LogP contribution in [0.25, 0.3) is 10.2 Å². The van der Waals surface area contributed by atoms with Crippen molar-refractivity contribution >= 4 is 33.5 Å². The number of nitrogens with zero attached hydrogens (tertiary/aromatic N) is 1. The van der Waals surface area contributed by atoms with Gasteiger partial charge >= 0.3 is 11.9 Å². The molecule has 5 nitrogen and oxygen atoms in total. The number of hydrogen-bond acceptors (Lipinski definition) is 6. The van der Waals surface area contributed by atoms with Gasteiger partial charge < -0.3 is 9.47 Å². The number of benzene rings is 1. The summed E-state index contributed by atoms with van der Waals surface area (Å²) >= 11 is 1.30. The average molecular weight is 293 g/mol. The second-order valence-electron chi connectivity index (χ2n) is 3.96. The van der Waals surface area contributed by atoms with E-state index >= 15 is 0 Å². The fraction of sp³-hybridized carbons (Fsp3) is 0.357. The van der Waals surface area contributed by atoms with E-state index in [0.717, 1.165) is 10.2 Å². The molecule has 0 N–H and O–H groups in total. The molecule has 0 amide bonds. The predicted octanol–water partition coefficient (Wildman–Crippen LogP) is 2.51. The summed E-state index contributed by atoms with van der Waals surface area (Å²) in [6.07, 6.45) is 0. The van der Waals surface area contributed by atoms with Gasteiger partial charge in [-0.2, -0.15) is 0 Å². The van der Waals surface area contributed by atoms with E-state index in [4.69, 9.17) is 9.47 Å². The van der Waals surface area contributed by atoms with E-state index in [2.05, 4.69) is 4.98 Å². The molecule has 20 heavy (non-hydrogen) atoms. The number of ether oxygens (including phenoxy) is 2. The largest absolute Gasteiger partial charge is 0.465 e. The molecule has 106 valence electrons. The number of thiazole rings is 1. The van der Waals surface area contributed by atoms with Crippen molar-refractivity contribution in [1.29, 1.82) is 0 Å². The normalized spacial score (nSPS) is 10.8. The van der Waals surface area contributed by atoms with Crippen LogP contribution < -0.4 is 0 Å². The highest BCUT2D eigenvalue weighted by Crippen LogP contribution is 2.29. The molecular weight excluding hydrogens is 278 g/mol. The quantitative estimate of drug-likeness (QED) is 0.626. The van der Waals surface area contributed by atoms with Crippen LogP contribution >= 0.6 is 11.3 Å². The minimum absolute atomic E-state index is 0.208. The Hall–Kier alpha value is -1.95. The zero-order valence-corrected chi connectivity index (χ0v) is 12.1. The maximum Gasteiger partial charge on any atom is 0.327 e. The van der Waals surface area contributed by atoms with Crippen LogP contribution in [0.4, 0.5) is 0 Å². The number of carbonyl (C=O) groups is 2. The molecule has 0 fully saturated rings. The van der Waals surface area contributed by atoms with Crippen molar-refractivity contribution in [3.63, 3.8) is 0 Å². The molecule has 0 radical (unpaired) electrons. The molecule has 1 aromatic carbocycles. The fourth-order valence-electron chi connectivity index (χ4n) is 1.76. The molecule has 2 rings (SSSR count). The molecule has 0 saturated carbocycles. The first kappa shape index (κ1) is 14.5. The van der Waals surface area contributed by atoms with Crippen LogP contribution in [-0.2, 0) is 19.1 Å². The predicted molar refractivity (Wildman–Crippen MR) is 75.6 cm³/mol. The third-order valence-corrected chi connectivity index (χ3v) is 3.70. The van der Waals surface area contributed by atoms with Crippen LogP contribution in [0.1, 0.15) is 24.8 Å². The molecule has 0 aliphatic carbocycles. The number of hydrogen-bond donors (Lipinski definition) is 0. The van der Waals surface area contributed by atoms with Crippen LogP contribution in [0.15, 0.2) is 24.3 Å². The van der Waals surface area contributed by atoms with Gasteiger partial charge in [0, 0.05) is 0 Å². The summed E-state index contributed by atoms with van der Waals surface area (Å²) in [5.41, 5.74) is 0.756. The minimum atomic E-state index is -1.10. The van der Waals surface area contributed by atoms with Gasteiger partial charge in [-0.3, -0.25) is 9.59 Å².